The maximum atomic E-state index is 11.9. The second kappa shape index (κ2) is 4.94. The Bertz CT molecular complexity index is 757. The van der Waals surface area contributed by atoms with E-state index in [9.17, 15) is 4.79 Å². The lowest BCUT2D eigenvalue weighted by Gasteiger charge is -2.06. The minimum Gasteiger partial charge on any atom is -0.326 e. The van der Waals surface area contributed by atoms with Gasteiger partial charge in [-0.05, 0) is 18.5 Å². The smallest absolute Gasteiger partial charge is 0.268 e. The fraction of sp³-hybridized carbons (Fsp3) is 0.250. The molecule has 0 amide bonds. The van der Waals surface area contributed by atoms with E-state index in [0.29, 0.717) is 23.6 Å². The Morgan fingerprint density at radius 1 is 1.53 bits per heavy atom. The summed E-state index contributed by atoms with van der Waals surface area (Å²) in [6.45, 7) is 1.19. The largest absolute Gasteiger partial charge is 0.326 e. The number of H-pyrrole nitrogens is 1. The molecule has 0 aromatic carbocycles. The molecule has 0 spiro atoms. The Morgan fingerprint density at radius 2 is 2.42 bits per heavy atom. The highest BCUT2D eigenvalue weighted by Crippen LogP contribution is 2.14. The summed E-state index contributed by atoms with van der Waals surface area (Å²) in [5.74, 6) is 1.56. The van der Waals surface area contributed by atoms with Crippen molar-refractivity contribution in [3.05, 3.63) is 45.8 Å². The molecule has 0 aliphatic heterocycles. The maximum absolute atomic E-state index is 11.9. The van der Waals surface area contributed by atoms with Crippen LogP contribution in [0.15, 0.2) is 28.6 Å². The third kappa shape index (κ3) is 2.29. The zero-order valence-electron chi connectivity index (χ0n) is 10.4. The summed E-state index contributed by atoms with van der Waals surface area (Å²) in [6, 6.07) is 1.86. The molecule has 3 aromatic heterocycles. The zero-order chi connectivity index (χ0) is 13.2. The average molecular weight is 275 g/mol. The van der Waals surface area contributed by atoms with Gasteiger partial charge in [-0.1, -0.05) is 0 Å². The predicted octanol–water partition coefficient (Wildman–Crippen LogP) is 0.949. The highest BCUT2D eigenvalue weighted by atomic mass is 32.1. The standard InChI is InChI=1S/C12H13N5OS/c1-13-6-10-14-3-4-17(10)7-9-15-8-2-5-19-11(8)12(18)16-9/h2-5,13H,6-7H2,1H3,(H,15,16,18). The van der Waals surface area contributed by atoms with E-state index in [-0.39, 0.29) is 5.56 Å². The molecule has 0 aliphatic carbocycles. The van der Waals surface area contributed by atoms with Crippen LogP contribution in [0.4, 0.5) is 0 Å². The fourth-order valence-corrected chi connectivity index (χ4v) is 2.69. The molecule has 3 heterocycles. The molecule has 7 heteroatoms. The minimum atomic E-state index is -0.0784. The van der Waals surface area contributed by atoms with Gasteiger partial charge in [0.05, 0.1) is 18.6 Å². The molecule has 98 valence electrons. The highest BCUT2D eigenvalue weighted by molar-refractivity contribution is 7.17. The third-order valence-electron chi connectivity index (χ3n) is 2.82. The van der Waals surface area contributed by atoms with E-state index in [2.05, 4.69) is 20.3 Å². The van der Waals surface area contributed by atoms with Gasteiger partial charge in [0.2, 0.25) is 0 Å². The van der Waals surface area contributed by atoms with E-state index in [1.165, 1.54) is 11.3 Å². The molecule has 3 rings (SSSR count). The molecule has 0 saturated heterocycles. The molecule has 6 nitrogen and oxygen atoms in total. The van der Waals surface area contributed by atoms with Gasteiger partial charge in [-0.2, -0.15) is 0 Å². The first-order chi connectivity index (χ1) is 9.28. The van der Waals surface area contributed by atoms with Crippen molar-refractivity contribution < 1.29 is 0 Å². The SMILES string of the molecule is CNCc1nccn1Cc1nc2ccsc2c(=O)[nH]1. The number of aromatic nitrogens is 4. The first-order valence-corrected chi connectivity index (χ1v) is 6.77. The van der Waals surface area contributed by atoms with Gasteiger partial charge in [-0.25, -0.2) is 9.97 Å². The molecule has 0 bridgehead atoms. The first-order valence-electron chi connectivity index (χ1n) is 5.89. The summed E-state index contributed by atoms with van der Waals surface area (Å²) in [6.07, 6.45) is 3.62. The van der Waals surface area contributed by atoms with Crippen LogP contribution in [-0.4, -0.2) is 26.6 Å². The van der Waals surface area contributed by atoms with Crippen LogP contribution in [0.25, 0.3) is 10.2 Å². The van der Waals surface area contributed by atoms with Crippen LogP contribution >= 0.6 is 11.3 Å². The zero-order valence-corrected chi connectivity index (χ0v) is 11.2. The van der Waals surface area contributed by atoms with Gasteiger partial charge in [0.25, 0.3) is 5.56 Å². The summed E-state index contributed by atoms with van der Waals surface area (Å²) in [7, 11) is 1.87. The molecular weight excluding hydrogens is 262 g/mol. The number of aromatic amines is 1. The quantitative estimate of drug-likeness (QED) is 0.743. The van der Waals surface area contributed by atoms with Crippen molar-refractivity contribution in [2.45, 2.75) is 13.1 Å². The summed E-state index contributed by atoms with van der Waals surface area (Å²) < 4.78 is 2.64. The third-order valence-corrected chi connectivity index (χ3v) is 3.72. The van der Waals surface area contributed by atoms with Crippen molar-refractivity contribution >= 4 is 21.6 Å². The van der Waals surface area contributed by atoms with Crippen LogP contribution < -0.4 is 10.9 Å². The van der Waals surface area contributed by atoms with Gasteiger partial charge in [0, 0.05) is 12.4 Å². The lowest BCUT2D eigenvalue weighted by molar-refractivity contribution is 0.654. The number of hydrogen-bond acceptors (Lipinski definition) is 5. The lowest BCUT2D eigenvalue weighted by Crippen LogP contribution is -2.16. The van der Waals surface area contributed by atoms with E-state index in [1.54, 1.807) is 6.20 Å². The molecular formula is C12H13N5OS. The van der Waals surface area contributed by atoms with Gasteiger partial charge < -0.3 is 14.9 Å². The lowest BCUT2D eigenvalue weighted by atomic mass is 10.4. The Morgan fingerprint density at radius 3 is 3.26 bits per heavy atom. The molecule has 0 radical (unpaired) electrons. The molecule has 0 fully saturated rings. The van der Waals surface area contributed by atoms with E-state index in [4.69, 9.17) is 0 Å². The topological polar surface area (TPSA) is 75.6 Å². The molecule has 19 heavy (non-hydrogen) atoms. The van der Waals surface area contributed by atoms with Gasteiger partial charge in [-0.15, -0.1) is 11.3 Å². The number of rotatable bonds is 4. The van der Waals surface area contributed by atoms with E-state index in [0.717, 1.165) is 11.3 Å². The monoisotopic (exact) mass is 275 g/mol. The molecule has 2 N–H and O–H groups in total. The number of fused-ring (bicyclic) bond motifs is 1. The van der Waals surface area contributed by atoms with Crippen LogP contribution in [0.2, 0.25) is 0 Å². The maximum Gasteiger partial charge on any atom is 0.268 e. The van der Waals surface area contributed by atoms with Crippen molar-refractivity contribution in [3.8, 4) is 0 Å². The second-order valence-corrected chi connectivity index (χ2v) is 5.07. The van der Waals surface area contributed by atoms with E-state index < -0.39 is 0 Å². The van der Waals surface area contributed by atoms with E-state index >= 15 is 0 Å². The van der Waals surface area contributed by atoms with Gasteiger partial charge in [0.1, 0.15) is 16.3 Å². The Kier molecular flexibility index (Phi) is 3.14. The number of hydrogen-bond donors (Lipinski definition) is 2. The fourth-order valence-electron chi connectivity index (χ4n) is 1.97. The number of thiophene rings is 1. The summed E-state index contributed by atoms with van der Waals surface area (Å²) in [5, 5.41) is 4.93. The van der Waals surface area contributed by atoms with Gasteiger partial charge in [0.15, 0.2) is 0 Å². The van der Waals surface area contributed by atoms with Crippen molar-refractivity contribution in [3.63, 3.8) is 0 Å². The van der Waals surface area contributed by atoms with Crippen LogP contribution in [0.1, 0.15) is 11.6 Å². The van der Waals surface area contributed by atoms with Crippen molar-refractivity contribution in [2.75, 3.05) is 7.05 Å². The summed E-state index contributed by atoms with van der Waals surface area (Å²) in [5.41, 5.74) is 0.671. The van der Waals surface area contributed by atoms with E-state index in [1.807, 2.05) is 29.3 Å². The molecule has 3 aromatic rings. The molecule has 0 saturated carbocycles. The summed E-state index contributed by atoms with van der Waals surface area (Å²) >= 11 is 1.41. The highest BCUT2D eigenvalue weighted by Gasteiger charge is 2.07. The Labute approximate surface area is 113 Å². The average Bonchev–Trinajstić information content (AvgIpc) is 3.00. The minimum absolute atomic E-state index is 0.0784. The number of imidazole rings is 1. The number of nitrogens with zero attached hydrogens (tertiary/aromatic N) is 3. The number of nitrogens with one attached hydrogen (secondary N) is 2. The predicted molar refractivity (Wildman–Crippen MR) is 74.3 cm³/mol. The van der Waals surface area contributed by atoms with Crippen molar-refractivity contribution in [2.24, 2.45) is 0 Å². The van der Waals surface area contributed by atoms with Crippen LogP contribution in [0.5, 0.6) is 0 Å². The van der Waals surface area contributed by atoms with Crippen LogP contribution in [-0.2, 0) is 13.1 Å². The summed E-state index contributed by atoms with van der Waals surface area (Å²) in [4.78, 5) is 23.4. The Hall–Kier alpha value is -1.99. The van der Waals surface area contributed by atoms with Crippen molar-refractivity contribution in [1.82, 2.24) is 24.8 Å². The van der Waals surface area contributed by atoms with Gasteiger partial charge >= 0.3 is 0 Å². The second-order valence-electron chi connectivity index (χ2n) is 4.15. The normalized spacial score (nSPS) is 11.2. The van der Waals surface area contributed by atoms with Gasteiger partial charge in [-0.3, -0.25) is 4.79 Å². The Balaban J connectivity index is 1.96. The molecule has 0 atom stereocenters. The first kappa shape index (κ1) is 12.1. The van der Waals surface area contributed by atoms with Crippen LogP contribution in [0, 0.1) is 0 Å². The molecule has 0 unspecified atom stereocenters. The molecule has 0 aliphatic rings. The van der Waals surface area contributed by atoms with Crippen molar-refractivity contribution in [1.29, 1.82) is 0 Å². The van der Waals surface area contributed by atoms with Crippen LogP contribution in [0.3, 0.4) is 0 Å².